The number of thiophene rings is 1. The number of likely N-dealkylation sites (tertiary alicyclic amines) is 1. The maximum absolute atomic E-state index is 12.3. The van der Waals surface area contributed by atoms with Gasteiger partial charge in [-0.2, -0.15) is 0 Å². The van der Waals surface area contributed by atoms with Crippen molar-refractivity contribution in [1.29, 1.82) is 0 Å². The number of carbonyl (C=O) groups excluding carboxylic acids is 2. The third-order valence-electron chi connectivity index (χ3n) is 5.45. The number of hydrogen-bond acceptors (Lipinski definition) is 3. The van der Waals surface area contributed by atoms with Crippen LogP contribution in [0, 0.1) is 11.8 Å². The van der Waals surface area contributed by atoms with Gasteiger partial charge in [0, 0.05) is 25.6 Å². The van der Waals surface area contributed by atoms with Gasteiger partial charge in [-0.1, -0.05) is 31.7 Å². The predicted octanol–water partition coefficient (Wildman–Crippen LogP) is 3.69. The lowest BCUT2D eigenvalue weighted by molar-refractivity contribution is -0.126. The average Bonchev–Trinajstić information content (AvgIpc) is 3.31. The first kappa shape index (κ1) is 17.5. The summed E-state index contributed by atoms with van der Waals surface area (Å²) >= 11 is 1.49. The van der Waals surface area contributed by atoms with Crippen LogP contribution in [-0.4, -0.2) is 36.3 Å². The van der Waals surface area contributed by atoms with Crippen LogP contribution in [0.3, 0.4) is 0 Å². The minimum absolute atomic E-state index is 0.0730. The van der Waals surface area contributed by atoms with E-state index in [1.54, 1.807) is 0 Å². The second kappa shape index (κ2) is 8.65. The van der Waals surface area contributed by atoms with Crippen LogP contribution in [0.5, 0.6) is 0 Å². The molecule has 1 aliphatic carbocycles. The first-order valence-corrected chi connectivity index (χ1v) is 10.2. The molecular formula is C19H28N2O2S. The summed E-state index contributed by atoms with van der Waals surface area (Å²) in [6, 6.07) is 3.78. The lowest BCUT2D eigenvalue weighted by Gasteiger charge is -2.31. The summed E-state index contributed by atoms with van der Waals surface area (Å²) in [6.07, 6.45) is 9.46. The summed E-state index contributed by atoms with van der Waals surface area (Å²) in [6.45, 7) is 2.19. The van der Waals surface area contributed by atoms with Gasteiger partial charge in [-0.25, -0.2) is 0 Å². The monoisotopic (exact) mass is 348 g/mol. The number of piperidine rings is 1. The third-order valence-corrected chi connectivity index (χ3v) is 6.31. The van der Waals surface area contributed by atoms with E-state index in [4.69, 9.17) is 0 Å². The quantitative estimate of drug-likeness (QED) is 0.797. The number of hydrogen-bond donors (Lipinski definition) is 1. The summed E-state index contributed by atoms with van der Waals surface area (Å²) in [4.78, 5) is 27.3. The van der Waals surface area contributed by atoms with Gasteiger partial charge < -0.3 is 10.2 Å². The molecule has 5 heteroatoms. The van der Waals surface area contributed by atoms with Crippen molar-refractivity contribution in [2.24, 2.45) is 11.8 Å². The van der Waals surface area contributed by atoms with Gasteiger partial charge in [0.2, 0.25) is 5.91 Å². The van der Waals surface area contributed by atoms with Gasteiger partial charge in [0.05, 0.1) is 4.88 Å². The van der Waals surface area contributed by atoms with Crippen LogP contribution in [0.15, 0.2) is 17.5 Å². The van der Waals surface area contributed by atoms with E-state index in [9.17, 15) is 9.59 Å². The molecule has 2 heterocycles. The Kier molecular flexibility index (Phi) is 6.30. The number of nitrogens with zero attached hydrogens (tertiary/aromatic N) is 1. The summed E-state index contributed by atoms with van der Waals surface area (Å²) in [5, 5.41) is 5.04. The van der Waals surface area contributed by atoms with Crippen LogP contribution < -0.4 is 5.32 Å². The number of amides is 2. The molecule has 24 heavy (non-hydrogen) atoms. The van der Waals surface area contributed by atoms with Crippen molar-refractivity contribution in [2.75, 3.05) is 19.6 Å². The van der Waals surface area contributed by atoms with Crippen molar-refractivity contribution >= 4 is 23.2 Å². The minimum Gasteiger partial charge on any atom is -0.356 e. The van der Waals surface area contributed by atoms with E-state index < -0.39 is 0 Å². The van der Waals surface area contributed by atoms with Crippen molar-refractivity contribution < 1.29 is 9.59 Å². The molecule has 0 atom stereocenters. The lowest BCUT2D eigenvalue weighted by Crippen LogP contribution is -2.43. The Hall–Kier alpha value is -1.36. The summed E-state index contributed by atoms with van der Waals surface area (Å²) < 4.78 is 0. The first-order valence-electron chi connectivity index (χ1n) is 9.34. The first-order chi connectivity index (χ1) is 11.7. The van der Waals surface area contributed by atoms with E-state index in [2.05, 4.69) is 5.32 Å². The van der Waals surface area contributed by atoms with Crippen molar-refractivity contribution in [3.63, 3.8) is 0 Å². The van der Waals surface area contributed by atoms with Gasteiger partial charge in [0.25, 0.3) is 5.91 Å². The van der Waals surface area contributed by atoms with E-state index in [0.29, 0.717) is 13.1 Å². The van der Waals surface area contributed by atoms with Crippen LogP contribution in [-0.2, 0) is 4.79 Å². The van der Waals surface area contributed by atoms with Crippen molar-refractivity contribution in [3.05, 3.63) is 22.4 Å². The summed E-state index contributed by atoms with van der Waals surface area (Å²) in [7, 11) is 0. The Morgan fingerprint density at radius 2 is 1.92 bits per heavy atom. The average molecular weight is 349 g/mol. The van der Waals surface area contributed by atoms with E-state index >= 15 is 0 Å². The highest BCUT2D eigenvalue weighted by Crippen LogP contribution is 2.28. The fourth-order valence-electron chi connectivity index (χ4n) is 3.95. The van der Waals surface area contributed by atoms with E-state index in [0.717, 1.165) is 36.6 Å². The van der Waals surface area contributed by atoms with Gasteiger partial charge in [-0.15, -0.1) is 11.3 Å². The van der Waals surface area contributed by atoms with E-state index in [1.165, 1.54) is 43.4 Å². The Morgan fingerprint density at radius 1 is 1.17 bits per heavy atom. The Balaban J connectivity index is 1.33. The molecule has 2 amide bonds. The largest absolute Gasteiger partial charge is 0.356 e. The van der Waals surface area contributed by atoms with Gasteiger partial charge in [-0.3, -0.25) is 9.59 Å². The van der Waals surface area contributed by atoms with E-state index in [1.807, 2.05) is 22.4 Å². The molecule has 132 valence electrons. The second-order valence-electron chi connectivity index (χ2n) is 7.13. The number of nitrogens with one attached hydrogen (secondary N) is 1. The lowest BCUT2D eigenvalue weighted by atomic mass is 9.95. The molecule has 4 nitrogen and oxygen atoms in total. The van der Waals surface area contributed by atoms with Crippen LogP contribution in [0.1, 0.15) is 61.0 Å². The molecule has 0 aromatic carbocycles. The molecule has 0 bridgehead atoms. The molecule has 2 fully saturated rings. The zero-order valence-corrected chi connectivity index (χ0v) is 15.2. The number of rotatable bonds is 6. The van der Waals surface area contributed by atoms with Gasteiger partial charge >= 0.3 is 0 Å². The van der Waals surface area contributed by atoms with E-state index in [-0.39, 0.29) is 17.7 Å². The summed E-state index contributed by atoms with van der Waals surface area (Å²) in [5.74, 6) is 1.27. The van der Waals surface area contributed by atoms with Crippen molar-refractivity contribution in [2.45, 2.75) is 51.4 Å². The molecule has 2 aliphatic rings. The topological polar surface area (TPSA) is 49.4 Å². The Bertz CT molecular complexity index is 530. The fourth-order valence-corrected chi connectivity index (χ4v) is 4.64. The fraction of sp³-hybridized carbons (Fsp3) is 0.684. The molecule has 1 aromatic heterocycles. The zero-order chi connectivity index (χ0) is 16.8. The van der Waals surface area contributed by atoms with Crippen molar-refractivity contribution in [1.82, 2.24) is 10.2 Å². The SMILES string of the molecule is O=C(NCCCC1CCCC1)C1CCN(C(=O)c2cccs2)CC1. The Morgan fingerprint density at radius 3 is 2.58 bits per heavy atom. The molecular weight excluding hydrogens is 320 g/mol. The number of carbonyl (C=O) groups is 2. The molecule has 1 saturated heterocycles. The standard InChI is InChI=1S/C19H28N2O2S/c22-18(20-11-3-7-15-5-1-2-6-15)16-9-12-21(13-10-16)19(23)17-8-4-14-24-17/h4,8,14-16H,1-3,5-7,9-13H2,(H,20,22). The minimum atomic E-state index is 0.0730. The molecule has 0 spiro atoms. The molecule has 3 rings (SSSR count). The van der Waals surface area contributed by atoms with Crippen LogP contribution in [0.4, 0.5) is 0 Å². The zero-order valence-electron chi connectivity index (χ0n) is 14.3. The third kappa shape index (κ3) is 4.59. The highest BCUT2D eigenvalue weighted by atomic mass is 32.1. The second-order valence-corrected chi connectivity index (χ2v) is 8.08. The molecule has 1 N–H and O–H groups in total. The maximum Gasteiger partial charge on any atom is 0.263 e. The van der Waals surface area contributed by atoms with Crippen molar-refractivity contribution in [3.8, 4) is 0 Å². The molecule has 0 unspecified atom stereocenters. The summed E-state index contributed by atoms with van der Waals surface area (Å²) in [5.41, 5.74) is 0. The maximum atomic E-state index is 12.3. The molecule has 1 aromatic rings. The Labute approximate surface area is 148 Å². The molecule has 1 aliphatic heterocycles. The molecule has 1 saturated carbocycles. The van der Waals surface area contributed by atoms with Crippen LogP contribution in [0.25, 0.3) is 0 Å². The van der Waals surface area contributed by atoms with Gasteiger partial charge in [0.1, 0.15) is 0 Å². The highest BCUT2D eigenvalue weighted by Gasteiger charge is 2.28. The molecule has 0 radical (unpaired) electrons. The van der Waals surface area contributed by atoms with Crippen LogP contribution in [0.2, 0.25) is 0 Å². The smallest absolute Gasteiger partial charge is 0.263 e. The normalized spacial score (nSPS) is 19.6. The predicted molar refractivity (Wildman–Crippen MR) is 97.1 cm³/mol. The van der Waals surface area contributed by atoms with Gasteiger partial charge in [0.15, 0.2) is 0 Å². The highest BCUT2D eigenvalue weighted by molar-refractivity contribution is 7.12. The van der Waals surface area contributed by atoms with Crippen LogP contribution >= 0.6 is 11.3 Å². The van der Waals surface area contributed by atoms with Gasteiger partial charge in [-0.05, 0) is 43.0 Å².